The molecule has 0 unspecified atom stereocenters. The van der Waals surface area contributed by atoms with E-state index in [2.05, 4.69) is 14.8 Å². The first-order valence-corrected chi connectivity index (χ1v) is 9.32. The molecule has 1 amide bonds. The van der Waals surface area contributed by atoms with E-state index >= 15 is 0 Å². The smallest absolute Gasteiger partial charge is 0.241 e. The van der Waals surface area contributed by atoms with Crippen LogP contribution in [0.2, 0.25) is 0 Å². The number of halogens is 1. The largest absolute Gasteiger partial charge is 0.309 e. The van der Waals surface area contributed by atoms with Crippen molar-refractivity contribution in [3.8, 4) is 0 Å². The summed E-state index contributed by atoms with van der Waals surface area (Å²) in [7, 11) is 2.02. The average molecular weight is 360 g/mol. The quantitative estimate of drug-likeness (QED) is 0.841. The van der Waals surface area contributed by atoms with Gasteiger partial charge in [-0.25, -0.2) is 9.37 Å². The third kappa shape index (κ3) is 3.19. The highest BCUT2D eigenvalue weighted by molar-refractivity contribution is 7.09. The van der Waals surface area contributed by atoms with Gasteiger partial charge in [0.05, 0.1) is 18.6 Å². The SMILES string of the molecule is CN1CC(=O)N(c2cccc(F)c2)C[C@@]12CCN(Cc1nccs1)C2. The van der Waals surface area contributed by atoms with E-state index < -0.39 is 0 Å². The van der Waals surface area contributed by atoms with Gasteiger partial charge in [0.15, 0.2) is 0 Å². The summed E-state index contributed by atoms with van der Waals surface area (Å²) in [5.41, 5.74) is 0.563. The maximum atomic E-state index is 13.6. The lowest BCUT2D eigenvalue weighted by atomic mass is 9.92. The number of rotatable bonds is 3. The molecule has 2 fully saturated rings. The van der Waals surface area contributed by atoms with Crippen LogP contribution in [-0.4, -0.2) is 59.5 Å². The molecular weight excluding hydrogens is 339 g/mol. The number of thiazole rings is 1. The number of anilines is 1. The summed E-state index contributed by atoms with van der Waals surface area (Å²) in [5.74, 6) is -0.285. The van der Waals surface area contributed by atoms with Crippen LogP contribution in [0.1, 0.15) is 11.4 Å². The van der Waals surface area contributed by atoms with Crippen LogP contribution in [-0.2, 0) is 11.3 Å². The summed E-state index contributed by atoms with van der Waals surface area (Å²) in [5, 5.41) is 3.12. The highest BCUT2D eigenvalue weighted by Gasteiger charge is 2.47. The normalized spacial score (nSPS) is 25.2. The van der Waals surface area contributed by atoms with Crippen LogP contribution in [0.4, 0.5) is 10.1 Å². The van der Waals surface area contributed by atoms with Gasteiger partial charge < -0.3 is 4.90 Å². The van der Waals surface area contributed by atoms with E-state index in [9.17, 15) is 9.18 Å². The van der Waals surface area contributed by atoms with Gasteiger partial charge >= 0.3 is 0 Å². The second-order valence-corrected chi connectivity index (χ2v) is 7.91. The zero-order valence-corrected chi connectivity index (χ0v) is 15.0. The van der Waals surface area contributed by atoms with E-state index in [1.165, 1.54) is 12.1 Å². The number of likely N-dealkylation sites (tertiary alicyclic amines) is 1. The van der Waals surface area contributed by atoms with Gasteiger partial charge in [-0.3, -0.25) is 14.6 Å². The van der Waals surface area contributed by atoms with Gasteiger partial charge in [-0.1, -0.05) is 6.07 Å². The van der Waals surface area contributed by atoms with Crippen molar-refractivity contribution in [1.29, 1.82) is 0 Å². The summed E-state index contributed by atoms with van der Waals surface area (Å²) in [4.78, 5) is 23.2. The first kappa shape index (κ1) is 16.6. The second kappa shape index (κ2) is 6.48. The predicted molar refractivity (Wildman–Crippen MR) is 96.1 cm³/mol. The van der Waals surface area contributed by atoms with Gasteiger partial charge in [0, 0.05) is 36.9 Å². The summed E-state index contributed by atoms with van der Waals surface area (Å²) < 4.78 is 13.6. The standard InChI is InChI=1S/C18H21FN4OS/c1-21-11-17(24)23(15-4-2-3-14(19)9-15)13-18(21)5-7-22(12-18)10-16-20-6-8-25-16/h2-4,6,8-9H,5,7,10-13H2,1H3/t18-/m0/s1. The average Bonchev–Trinajstić information content (AvgIpc) is 3.22. The summed E-state index contributed by atoms with van der Waals surface area (Å²) in [6.45, 7) is 3.68. The number of benzene rings is 1. The van der Waals surface area contributed by atoms with E-state index in [1.54, 1.807) is 22.3 Å². The fraction of sp³-hybridized carbons (Fsp3) is 0.444. The zero-order chi connectivity index (χ0) is 17.4. The lowest BCUT2D eigenvalue weighted by Crippen LogP contribution is -2.64. The lowest BCUT2D eigenvalue weighted by Gasteiger charge is -2.47. The minimum Gasteiger partial charge on any atom is -0.309 e. The Balaban J connectivity index is 1.54. The third-order valence-corrected chi connectivity index (χ3v) is 6.07. The van der Waals surface area contributed by atoms with Crippen LogP contribution in [0.15, 0.2) is 35.8 Å². The van der Waals surface area contributed by atoms with Gasteiger partial charge in [0.1, 0.15) is 10.8 Å². The molecule has 2 aromatic rings. The number of hydrogen-bond donors (Lipinski definition) is 0. The molecule has 1 aromatic carbocycles. The van der Waals surface area contributed by atoms with E-state index in [0.29, 0.717) is 18.8 Å². The molecule has 3 heterocycles. The van der Waals surface area contributed by atoms with Gasteiger partial charge in [0.2, 0.25) is 5.91 Å². The van der Waals surface area contributed by atoms with E-state index in [0.717, 1.165) is 31.1 Å². The van der Waals surface area contributed by atoms with Crippen LogP contribution in [0.5, 0.6) is 0 Å². The molecule has 2 aliphatic rings. The first-order valence-electron chi connectivity index (χ1n) is 8.44. The minimum absolute atomic E-state index is 0.0251. The van der Waals surface area contributed by atoms with Crippen LogP contribution < -0.4 is 4.90 Å². The van der Waals surface area contributed by atoms with E-state index in [4.69, 9.17) is 0 Å². The molecule has 2 aliphatic heterocycles. The van der Waals surface area contributed by atoms with Crippen LogP contribution in [0.3, 0.4) is 0 Å². The zero-order valence-electron chi connectivity index (χ0n) is 14.2. The molecule has 4 rings (SSSR count). The Morgan fingerprint density at radius 1 is 1.36 bits per heavy atom. The first-order chi connectivity index (χ1) is 12.1. The van der Waals surface area contributed by atoms with Crippen molar-refractivity contribution in [2.45, 2.75) is 18.5 Å². The molecule has 0 radical (unpaired) electrons. The Morgan fingerprint density at radius 2 is 2.24 bits per heavy atom. The summed E-state index contributed by atoms with van der Waals surface area (Å²) in [6.07, 6.45) is 2.83. The number of likely N-dealkylation sites (N-methyl/N-ethyl adjacent to an activating group) is 1. The Kier molecular flexibility index (Phi) is 4.31. The molecule has 0 aliphatic carbocycles. The van der Waals surface area contributed by atoms with Crippen molar-refractivity contribution in [1.82, 2.24) is 14.8 Å². The van der Waals surface area contributed by atoms with Gasteiger partial charge in [0.25, 0.3) is 0 Å². The summed E-state index contributed by atoms with van der Waals surface area (Å²) in [6, 6.07) is 6.32. The number of amides is 1. The molecule has 1 spiro atoms. The van der Waals surface area contributed by atoms with E-state index in [1.807, 2.05) is 24.7 Å². The van der Waals surface area contributed by atoms with Crippen molar-refractivity contribution in [3.05, 3.63) is 46.7 Å². The fourth-order valence-corrected chi connectivity index (χ4v) is 4.53. The molecule has 0 N–H and O–H groups in total. The van der Waals surface area contributed by atoms with Crippen LogP contribution in [0.25, 0.3) is 0 Å². The number of hydrogen-bond acceptors (Lipinski definition) is 5. The number of carbonyl (C=O) groups excluding carboxylic acids is 1. The molecule has 1 aromatic heterocycles. The van der Waals surface area contributed by atoms with Crippen molar-refractivity contribution < 1.29 is 9.18 Å². The van der Waals surface area contributed by atoms with Gasteiger partial charge in [-0.2, -0.15) is 0 Å². The molecular formula is C18H21FN4OS. The Hall–Kier alpha value is -1.83. The number of piperazine rings is 1. The number of aromatic nitrogens is 1. The molecule has 132 valence electrons. The van der Waals surface area contributed by atoms with Crippen molar-refractivity contribution in [3.63, 3.8) is 0 Å². The lowest BCUT2D eigenvalue weighted by molar-refractivity contribution is -0.123. The van der Waals surface area contributed by atoms with Crippen LogP contribution in [0, 0.1) is 5.82 Å². The van der Waals surface area contributed by atoms with Crippen LogP contribution >= 0.6 is 11.3 Å². The number of carbonyl (C=O) groups is 1. The Morgan fingerprint density at radius 3 is 3.00 bits per heavy atom. The molecule has 2 saturated heterocycles. The Labute approximate surface area is 150 Å². The van der Waals surface area contributed by atoms with Crippen molar-refractivity contribution in [2.24, 2.45) is 0 Å². The predicted octanol–water partition coefficient (Wildman–Crippen LogP) is 2.21. The molecule has 1 atom stereocenters. The summed E-state index contributed by atoms with van der Waals surface area (Å²) >= 11 is 1.67. The van der Waals surface area contributed by atoms with Gasteiger partial charge in [-0.15, -0.1) is 11.3 Å². The third-order valence-electron chi connectivity index (χ3n) is 5.31. The second-order valence-electron chi connectivity index (χ2n) is 6.93. The highest BCUT2D eigenvalue weighted by atomic mass is 32.1. The van der Waals surface area contributed by atoms with Crippen molar-refractivity contribution in [2.75, 3.05) is 38.1 Å². The monoisotopic (exact) mass is 360 g/mol. The minimum atomic E-state index is -0.310. The molecule has 7 heteroatoms. The molecule has 5 nitrogen and oxygen atoms in total. The molecule has 0 saturated carbocycles. The number of nitrogens with zero attached hydrogens (tertiary/aromatic N) is 4. The fourth-order valence-electron chi connectivity index (χ4n) is 3.88. The Bertz CT molecular complexity index is 768. The van der Waals surface area contributed by atoms with Crippen molar-refractivity contribution >= 4 is 22.9 Å². The topological polar surface area (TPSA) is 39.7 Å². The molecule has 0 bridgehead atoms. The van der Waals surface area contributed by atoms with Gasteiger partial charge in [-0.05, 0) is 31.7 Å². The maximum absolute atomic E-state index is 13.6. The highest BCUT2D eigenvalue weighted by Crippen LogP contribution is 2.34. The van der Waals surface area contributed by atoms with E-state index in [-0.39, 0.29) is 17.3 Å². The maximum Gasteiger partial charge on any atom is 0.241 e. The molecule has 25 heavy (non-hydrogen) atoms.